The van der Waals surface area contributed by atoms with Crippen molar-refractivity contribution in [1.29, 1.82) is 0 Å². The van der Waals surface area contributed by atoms with Gasteiger partial charge in [-0.15, -0.1) is 0 Å². The Labute approximate surface area is 223 Å². The van der Waals surface area contributed by atoms with Crippen LogP contribution in [0.1, 0.15) is 37.7 Å². The topological polar surface area (TPSA) is 104 Å². The Bertz CT molecular complexity index is 1290. The third-order valence-electron chi connectivity index (χ3n) is 7.92. The summed E-state index contributed by atoms with van der Waals surface area (Å²) in [6.45, 7) is 3.52. The second-order valence-corrected chi connectivity index (χ2v) is 10.5. The maximum Gasteiger partial charge on any atom is 0.246 e. The van der Waals surface area contributed by atoms with E-state index in [0.717, 1.165) is 27.8 Å². The molecule has 8 heteroatoms. The number of nitrogens with one attached hydrogen (secondary N) is 2. The van der Waals surface area contributed by atoms with Crippen LogP contribution < -0.4 is 15.7 Å². The van der Waals surface area contributed by atoms with E-state index in [0.29, 0.717) is 45.2 Å². The molecule has 1 aliphatic carbocycles. The fraction of sp³-hybridized carbons (Fsp3) is 0.433. The molecule has 5 rings (SSSR count). The largest absolute Gasteiger partial charge is 0.391 e. The van der Waals surface area contributed by atoms with E-state index >= 15 is 0 Å². The van der Waals surface area contributed by atoms with Gasteiger partial charge in [-0.05, 0) is 62.8 Å². The number of pyridine rings is 1. The summed E-state index contributed by atoms with van der Waals surface area (Å²) in [5.41, 5.74) is 6.75. The molecule has 3 aromatic rings. The van der Waals surface area contributed by atoms with Gasteiger partial charge in [0.05, 0.1) is 24.8 Å². The molecule has 200 valence electrons. The van der Waals surface area contributed by atoms with Crippen LogP contribution in [0.15, 0.2) is 54.6 Å². The van der Waals surface area contributed by atoms with Crippen molar-refractivity contribution < 1.29 is 19.5 Å². The maximum absolute atomic E-state index is 13.2. The summed E-state index contributed by atoms with van der Waals surface area (Å²) in [6, 6.07) is 18.4. The molecule has 0 bridgehead atoms. The van der Waals surface area contributed by atoms with E-state index in [1.807, 2.05) is 18.2 Å². The van der Waals surface area contributed by atoms with Crippen LogP contribution in [0.25, 0.3) is 22.0 Å². The van der Waals surface area contributed by atoms with E-state index in [9.17, 15) is 14.7 Å². The predicted octanol–water partition coefficient (Wildman–Crippen LogP) is 3.75. The van der Waals surface area contributed by atoms with E-state index in [4.69, 9.17) is 9.82 Å². The van der Waals surface area contributed by atoms with Crippen molar-refractivity contribution in [3.05, 3.63) is 60.2 Å². The Kier molecular flexibility index (Phi) is 7.90. The smallest absolute Gasteiger partial charge is 0.246 e. The number of rotatable bonds is 6. The first-order chi connectivity index (χ1) is 18.4. The summed E-state index contributed by atoms with van der Waals surface area (Å²) >= 11 is 0. The molecule has 1 aromatic heterocycles. The van der Waals surface area contributed by atoms with Gasteiger partial charge < -0.3 is 15.3 Å². The number of nitrogens with zero attached hydrogens (tertiary/aromatic N) is 2. The van der Waals surface area contributed by atoms with Crippen LogP contribution in [-0.2, 0) is 14.4 Å². The molecule has 2 fully saturated rings. The summed E-state index contributed by atoms with van der Waals surface area (Å²) in [7, 11) is 1.40. The highest BCUT2D eigenvalue weighted by atomic mass is 16.6. The second kappa shape index (κ2) is 11.5. The fourth-order valence-corrected chi connectivity index (χ4v) is 5.74. The summed E-state index contributed by atoms with van der Waals surface area (Å²) in [5.74, 6) is 0.256. The Morgan fingerprint density at radius 2 is 1.74 bits per heavy atom. The minimum absolute atomic E-state index is 0.0493. The van der Waals surface area contributed by atoms with Crippen LogP contribution in [0.2, 0.25) is 0 Å². The number of hydroxylamine groups is 1. The molecule has 1 saturated carbocycles. The molecule has 1 aliphatic heterocycles. The molecule has 0 spiro atoms. The van der Waals surface area contributed by atoms with Crippen molar-refractivity contribution in [1.82, 2.24) is 15.8 Å². The highest BCUT2D eigenvalue weighted by Crippen LogP contribution is 2.35. The highest BCUT2D eigenvalue weighted by molar-refractivity contribution is 5.90. The third kappa shape index (κ3) is 5.66. The van der Waals surface area contributed by atoms with Gasteiger partial charge >= 0.3 is 0 Å². The van der Waals surface area contributed by atoms with E-state index in [2.05, 4.69) is 59.0 Å². The Morgan fingerprint density at radius 1 is 0.974 bits per heavy atom. The van der Waals surface area contributed by atoms with Gasteiger partial charge in [0.25, 0.3) is 0 Å². The van der Waals surface area contributed by atoms with Crippen molar-refractivity contribution in [2.45, 2.75) is 51.2 Å². The minimum Gasteiger partial charge on any atom is -0.391 e. The van der Waals surface area contributed by atoms with Gasteiger partial charge in [0.15, 0.2) is 0 Å². The zero-order valence-electron chi connectivity index (χ0n) is 22.0. The number of aliphatic hydroxyl groups excluding tert-OH is 1. The molecular formula is C30H36N4O4. The molecule has 0 radical (unpaired) electrons. The molecule has 1 saturated heterocycles. The van der Waals surface area contributed by atoms with Gasteiger partial charge in [-0.25, -0.2) is 10.5 Å². The number of carbonyl (C=O) groups excluding carboxylic acids is 2. The molecule has 0 unspecified atom stereocenters. The summed E-state index contributed by atoms with van der Waals surface area (Å²) in [5, 5.41) is 14.6. The lowest BCUT2D eigenvalue weighted by molar-refractivity contribution is -0.139. The zero-order valence-corrected chi connectivity index (χ0v) is 22.0. The molecule has 2 aliphatic rings. The molecule has 2 amide bonds. The van der Waals surface area contributed by atoms with Gasteiger partial charge in [-0.3, -0.25) is 14.4 Å². The quantitative estimate of drug-likeness (QED) is 0.431. The molecule has 8 nitrogen and oxygen atoms in total. The lowest BCUT2D eigenvalue weighted by Gasteiger charge is -2.36. The third-order valence-corrected chi connectivity index (χ3v) is 7.92. The van der Waals surface area contributed by atoms with Gasteiger partial charge in [0, 0.05) is 35.9 Å². The van der Waals surface area contributed by atoms with Crippen LogP contribution in [0.5, 0.6) is 0 Å². The molecular weight excluding hydrogens is 480 g/mol. The van der Waals surface area contributed by atoms with Gasteiger partial charge in [-0.2, -0.15) is 0 Å². The van der Waals surface area contributed by atoms with Gasteiger partial charge in [0.1, 0.15) is 5.82 Å². The first kappa shape index (κ1) is 26.1. The first-order valence-electron chi connectivity index (χ1n) is 13.5. The molecule has 3 N–H and O–H groups in total. The number of benzene rings is 2. The van der Waals surface area contributed by atoms with Crippen molar-refractivity contribution in [2.75, 3.05) is 25.1 Å². The SMILES string of the molecule is CONC(=O)[C@H]1CC[C@H](O)[C@H](NC(=O)C2CCN(c3nc4ccc(C)cc4cc3-c3ccccc3)CC2)C1. The Balaban J connectivity index is 1.28. The average Bonchev–Trinajstić information content (AvgIpc) is 2.94. The fourth-order valence-electron chi connectivity index (χ4n) is 5.74. The average molecular weight is 517 g/mol. The van der Waals surface area contributed by atoms with Crippen LogP contribution in [0, 0.1) is 18.8 Å². The number of carbonyl (C=O) groups is 2. The van der Waals surface area contributed by atoms with Crippen LogP contribution in [0.4, 0.5) is 5.82 Å². The predicted molar refractivity (Wildman–Crippen MR) is 147 cm³/mol. The highest BCUT2D eigenvalue weighted by Gasteiger charge is 2.36. The summed E-state index contributed by atoms with van der Waals surface area (Å²) in [6.07, 6.45) is 2.20. The number of piperidine rings is 1. The first-order valence-corrected chi connectivity index (χ1v) is 13.5. The van der Waals surface area contributed by atoms with Crippen LogP contribution in [-0.4, -0.2) is 54.2 Å². The molecule has 2 aromatic carbocycles. The Morgan fingerprint density at radius 3 is 2.47 bits per heavy atom. The monoisotopic (exact) mass is 516 g/mol. The lowest BCUT2D eigenvalue weighted by atomic mass is 9.83. The normalized spacial score (nSPS) is 22.3. The van der Waals surface area contributed by atoms with Crippen LogP contribution in [0.3, 0.4) is 0 Å². The zero-order chi connectivity index (χ0) is 26.6. The number of aliphatic hydroxyl groups is 1. The van der Waals surface area contributed by atoms with Gasteiger partial charge in [-0.1, -0.05) is 42.0 Å². The second-order valence-electron chi connectivity index (χ2n) is 10.5. The number of aryl methyl sites for hydroxylation is 1. The van der Waals surface area contributed by atoms with E-state index in [1.54, 1.807) is 0 Å². The number of amides is 2. The summed E-state index contributed by atoms with van der Waals surface area (Å²) < 4.78 is 0. The van der Waals surface area contributed by atoms with Crippen molar-refractivity contribution in [3.63, 3.8) is 0 Å². The molecule has 3 atom stereocenters. The summed E-state index contributed by atoms with van der Waals surface area (Å²) in [4.78, 5) is 37.5. The Hall–Kier alpha value is -3.49. The lowest BCUT2D eigenvalue weighted by Crippen LogP contribution is -2.52. The van der Waals surface area contributed by atoms with Crippen LogP contribution >= 0.6 is 0 Å². The van der Waals surface area contributed by atoms with Crippen molar-refractivity contribution in [2.24, 2.45) is 11.8 Å². The molecule has 2 heterocycles. The molecule has 38 heavy (non-hydrogen) atoms. The van der Waals surface area contributed by atoms with E-state index in [-0.39, 0.29) is 23.7 Å². The standard InChI is InChI=1S/C30H36N4O4/c1-19-8-10-25-23(16-19)17-24(20-6-4-3-5-7-20)28(31-25)34-14-12-21(13-15-34)29(36)32-26-18-22(9-11-27(26)35)30(37)33-38-2/h3-8,10,16-17,21-22,26-27,35H,9,11-15,18H2,1-2H3,(H,32,36)(H,33,37)/t22-,26+,27-/m0/s1. The minimum atomic E-state index is -0.649. The number of anilines is 1. The van der Waals surface area contributed by atoms with Gasteiger partial charge in [0.2, 0.25) is 11.8 Å². The van der Waals surface area contributed by atoms with Crippen molar-refractivity contribution >= 4 is 28.5 Å². The van der Waals surface area contributed by atoms with E-state index in [1.165, 1.54) is 12.7 Å². The number of hydrogen-bond acceptors (Lipinski definition) is 6. The number of hydrogen-bond donors (Lipinski definition) is 3. The van der Waals surface area contributed by atoms with E-state index < -0.39 is 12.1 Å². The van der Waals surface area contributed by atoms with Crippen molar-refractivity contribution in [3.8, 4) is 11.1 Å². The number of aromatic nitrogens is 1. The maximum atomic E-state index is 13.2. The number of fused-ring (bicyclic) bond motifs is 1.